The fourth-order valence-electron chi connectivity index (χ4n) is 3.34. The van der Waals surface area contributed by atoms with Crippen LogP contribution in [0.2, 0.25) is 0 Å². The van der Waals surface area contributed by atoms with Gasteiger partial charge in [-0.2, -0.15) is 0 Å². The predicted octanol–water partition coefficient (Wildman–Crippen LogP) is 3.31. The Hall–Kier alpha value is -2.86. The zero-order valence-electron chi connectivity index (χ0n) is 14.6. The summed E-state index contributed by atoms with van der Waals surface area (Å²) in [5.74, 6) is 1.95. The third-order valence-electron chi connectivity index (χ3n) is 4.70. The number of furan rings is 1. The summed E-state index contributed by atoms with van der Waals surface area (Å²) in [5, 5.41) is 2.96. The average molecular weight is 351 g/mol. The second-order valence-electron chi connectivity index (χ2n) is 6.45. The summed E-state index contributed by atoms with van der Waals surface area (Å²) < 4.78 is 11.2. The fraction of sp³-hybridized carbons (Fsp3) is 0.300. The maximum absolute atomic E-state index is 12.1. The first-order valence-corrected chi connectivity index (χ1v) is 8.76. The largest absolute Gasteiger partial charge is 0.459 e. The lowest BCUT2D eigenvalue weighted by Gasteiger charge is -2.28. The monoisotopic (exact) mass is 351 g/mol. The van der Waals surface area contributed by atoms with Crippen LogP contribution in [0.3, 0.4) is 0 Å². The summed E-state index contributed by atoms with van der Waals surface area (Å²) >= 11 is 0. The summed E-state index contributed by atoms with van der Waals surface area (Å²) in [6, 6.07) is 13.8. The van der Waals surface area contributed by atoms with Crippen LogP contribution in [-0.4, -0.2) is 28.9 Å². The zero-order valence-corrected chi connectivity index (χ0v) is 14.6. The molecule has 4 rings (SSSR count). The molecule has 3 heterocycles. The van der Waals surface area contributed by atoms with Crippen molar-refractivity contribution in [1.82, 2.24) is 15.2 Å². The van der Waals surface area contributed by atoms with E-state index >= 15 is 0 Å². The SMILES string of the molecule is Cc1oc(-c2ccco2)nc1CN1CCNC(=O)CC1c1ccccc1. The van der Waals surface area contributed by atoms with Gasteiger partial charge >= 0.3 is 0 Å². The normalized spacial score (nSPS) is 18.5. The summed E-state index contributed by atoms with van der Waals surface area (Å²) in [5.41, 5.74) is 2.00. The molecular weight excluding hydrogens is 330 g/mol. The van der Waals surface area contributed by atoms with Gasteiger partial charge in [0.15, 0.2) is 5.76 Å². The van der Waals surface area contributed by atoms with Gasteiger partial charge in [-0.05, 0) is 24.6 Å². The first kappa shape index (κ1) is 16.6. The van der Waals surface area contributed by atoms with E-state index in [-0.39, 0.29) is 11.9 Å². The lowest BCUT2D eigenvalue weighted by molar-refractivity contribution is -0.121. The first-order chi connectivity index (χ1) is 12.7. The van der Waals surface area contributed by atoms with Gasteiger partial charge in [0.25, 0.3) is 5.89 Å². The van der Waals surface area contributed by atoms with Crippen LogP contribution < -0.4 is 5.32 Å². The number of aryl methyl sites for hydroxylation is 1. The van der Waals surface area contributed by atoms with E-state index in [2.05, 4.69) is 27.3 Å². The third-order valence-corrected chi connectivity index (χ3v) is 4.70. The Morgan fingerprint density at radius 2 is 2.08 bits per heavy atom. The van der Waals surface area contributed by atoms with Crippen LogP contribution in [0.15, 0.2) is 57.6 Å². The summed E-state index contributed by atoms with van der Waals surface area (Å²) in [7, 11) is 0. The van der Waals surface area contributed by atoms with Crippen molar-refractivity contribution in [3.05, 3.63) is 65.7 Å². The molecule has 26 heavy (non-hydrogen) atoms. The molecule has 1 fully saturated rings. The smallest absolute Gasteiger partial charge is 0.263 e. The molecule has 0 bridgehead atoms. The third kappa shape index (κ3) is 3.41. The topological polar surface area (TPSA) is 71.5 Å². The number of amides is 1. The Morgan fingerprint density at radius 1 is 1.23 bits per heavy atom. The molecule has 1 unspecified atom stereocenters. The van der Waals surface area contributed by atoms with Crippen LogP contribution in [0.5, 0.6) is 0 Å². The van der Waals surface area contributed by atoms with Gasteiger partial charge in [0, 0.05) is 32.1 Å². The first-order valence-electron chi connectivity index (χ1n) is 8.76. The quantitative estimate of drug-likeness (QED) is 0.781. The van der Waals surface area contributed by atoms with E-state index in [4.69, 9.17) is 8.83 Å². The number of carbonyl (C=O) groups is 1. The highest BCUT2D eigenvalue weighted by Crippen LogP contribution is 2.29. The fourth-order valence-corrected chi connectivity index (χ4v) is 3.34. The predicted molar refractivity (Wildman–Crippen MR) is 96.2 cm³/mol. The molecule has 1 aliphatic heterocycles. The van der Waals surface area contributed by atoms with Crippen LogP contribution in [-0.2, 0) is 11.3 Å². The van der Waals surface area contributed by atoms with E-state index < -0.39 is 0 Å². The van der Waals surface area contributed by atoms with Crippen molar-refractivity contribution in [2.45, 2.75) is 25.9 Å². The molecule has 1 amide bonds. The van der Waals surface area contributed by atoms with Crippen LogP contribution in [0, 0.1) is 6.92 Å². The Labute approximate surface area is 151 Å². The van der Waals surface area contributed by atoms with E-state index in [0.717, 1.165) is 23.6 Å². The van der Waals surface area contributed by atoms with Gasteiger partial charge in [-0.15, -0.1) is 0 Å². The lowest BCUT2D eigenvalue weighted by Crippen LogP contribution is -2.30. The van der Waals surface area contributed by atoms with Crippen molar-refractivity contribution in [2.24, 2.45) is 0 Å². The number of nitrogens with zero attached hydrogens (tertiary/aromatic N) is 2. The number of hydrogen-bond donors (Lipinski definition) is 1. The molecule has 0 radical (unpaired) electrons. The molecule has 2 aromatic heterocycles. The molecule has 3 aromatic rings. The lowest BCUT2D eigenvalue weighted by atomic mass is 10.0. The summed E-state index contributed by atoms with van der Waals surface area (Å²) in [6.45, 7) is 3.91. The van der Waals surface area contributed by atoms with Crippen molar-refractivity contribution in [3.8, 4) is 11.7 Å². The number of nitrogens with one attached hydrogen (secondary N) is 1. The number of carbonyl (C=O) groups excluding carboxylic acids is 1. The van der Waals surface area contributed by atoms with Gasteiger partial charge in [-0.1, -0.05) is 30.3 Å². The van der Waals surface area contributed by atoms with Crippen molar-refractivity contribution < 1.29 is 13.6 Å². The number of rotatable bonds is 4. The molecule has 1 atom stereocenters. The molecule has 1 aromatic carbocycles. The number of hydrogen-bond acceptors (Lipinski definition) is 5. The van der Waals surface area contributed by atoms with Crippen LogP contribution in [0.25, 0.3) is 11.7 Å². The van der Waals surface area contributed by atoms with E-state index in [1.807, 2.05) is 37.3 Å². The minimum Gasteiger partial charge on any atom is -0.459 e. The number of aromatic nitrogens is 1. The highest BCUT2D eigenvalue weighted by Gasteiger charge is 2.28. The molecule has 1 N–H and O–H groups in total. The van der Waals surface area contributed by atoms with E-state index in [9.17, 15) is 4.79 Å². The molecule has 134 valence electrons. The van der Waals surface area contributed by atoms with Gasteiger partial charge in [0.05, 0.1) is 12.0 Å². The van der Waals surface area contributed by atoms with Crippen LogP contribution in [0.4, 0.5) is 0 Å². The number of benzene rings is 1. The van der Waals surface area contributed by atoms with Crippen LogP contribution >= 0.6 is 0 Å². The van der Waals surface area contributed by atoms with Gasteiger partial charge in [-0.25, -0.2) is 4.98 Å². The molecule has 0 aliphatic carbocycles. The Morgan fingerprint density at radius 3 is 2.85 bits per heavy atom. The van der Waals surface area contributed by atoms with E-state index in [0.29, 0.717) is 31.2 Å². The Kier molecular flexibility index (Phi) is 4.58. The van der Waals surface area contributed by atoms with Crippen LogP contribution in [0.1, 0.15) is 29.5 Å². The second-order valence-corrected chi connectivity index (χ2v) is 6.45. The van der Waals surface area contributed by atoms with E-state index in [1.165, 1.54) is 0 Å². The van der Waals surface area contributed by atoms with Crippen molar-refractivity contribution in [1.29, 1.82) is 0 Å². The standard InChI is InChI=1S/C20H21N3O3/c1-14-16(22-20(26-14)18-8-5-11-25-18)13-23-10-9-21-19(24)12-17(23)15-6-3-2-4-7-15/h2-8,11,17H,9-10,12-13H2,1H3,(H,21,24). The number of oxazole rings is 1. The maximum atomic E-state index is 12.1. The van der Waals surface area contributed by atoms with Crippen molar-refractivity contribution >= 4 is 5.91 Å². The molecule has 1 saturated heterocycles. The highest BCUT2D eigenvalue weighted by atomic mass is 16.4. The molecule has 1 aliphatic rings. The zero-order chi connectivity index (χ0) is 17.9. The second kappa shape index (κ2) is 7.17. The Bertz CT molecular complexity index is 871. The van der Waals surface area contributed by atoms with Gasteiger partial charge in [0.2, 0.25) is 5.91 Å². The molecular formula is C20H21N3O3. The van der Waals surface area contributed by atoms with Gasteiger partial charge in [0.1, 0.15) is 5.76 Å². The van der Waals surface area contributed by atoms with Gasteiger partial charge < -0.3 is 14.2 Å². The molecule has 6 heteroatoms. The highest BCUT2D eigenvalue weighted by molar-refractivity contribution is 5.77. The Balaban J connectivity index is 1.61. The minimum atomic E-state index is 0.0156. The molecule has 0 spiro atoms. The van der Waals surface area contributed by atoms with Crippen molar-refractivity contribution in [3.63, 3.8) is 0 Å². The summed E-state index contributed by atoms with van der Waals surface area (Å²) in [6.07, 6.45) is 2.04. The molecule has 0 saturated carbocycles. The molecule has 6 nitrogen and oxygen atoms in total. The maximum Gasteiger partial charge on any atom is 0.263 e. The van der Waals surface area contributed by atoms with Gasteiger partial charge in [-0.3, -0.25) is 9.69 Å². The van der Waals surface area contributed by atoms with E-state index in [1.54, 1.807) is 6.26 Å². The minimum absolute atomic E-state index is 0.0156. The summed E-state index contributed by atoms with van der Waals surface area (Å²) in [4.78, 5) is 19.0. The van der Waals surface area contributed by atoms with Crippen molar-refractivity contribution in [2.75, 3.05) is 13.1 Å². The average Bonchev–Trinajstić information content (AvgIpc) is 3.26.